The Balaban J connectivity index is 3.53. The molecule has 1 aromatic rings. The van der Waals surface area contributed by atoms with Crippen molar-refractivity contribution >= 4 is 23.9 Å². The maximum Gasteiger partial charge on any atom is 0.408 e. The van der Waals surface area contributed by atoms with Gasteiger partial charge in [0.2, 0.25) is 11.8 Å². The van der Waals surface area contributed by atoms with E-state index in [1.807, 2.05) is 45.9 Å². The number of nitrogens with one attached hydrogen (secondary N) is 2. The Morgan fingerprint density at radius 3 is 2.21 bits per heavy atom. The standard InChI is InChI=1S/C30H49N3O6/c1-10-11-12-13-14-17-33(28(36)25(20(2)3)32-29(37)39-30(6,7)8)26(27(35)31-19-24(34)38-9)23-18-21(4)15-16-22(23)5/h15-16,18,20,25-26H,10-14,17,19H2,1-9H3,(H,31,35)(H,32,37). The minimum Gasteiger partial charge on any atom is -0.468 e. The van der Waals surface area contributed by atoms with Crippen molar-refractivity contribution < 1.29 is 28.7 Å². The molecule has 0 fully saturated rings. The van der Waals surface area contributed by atoms with Crippen molar-refractivity contribution in [1.82, 2.24) is 15.5 Å². The Morgan fingerprint density at radius 1 is 1.00 bits per heavy atom. The van der Waals surface area contributed by atoms with E-state index in [0.29, 0.717) is 18.5 Å². The van der Waals surface area contributed by atoms with Crippen molar-refractivity contribution in [2.75, 3.05) is 20.2 Å². The number of aryl methyl sites for hydroxylation is 2. The van der Waals surface area contributed by atoms with Gasteiger partial charge >= 0.3 is 12.1 Å². The summed E-state index contributed by atoms with van der Waals surface area (Å²) in [6, 6.07) is 3.82. The second-order valence-corrected chi connectivity index (χ2v) is 11.4. The van der Waals surface area contributed by atoms with Crippen LogP contribution in [0.4, 0.5) is 4.79 Å². The topological polar surface area (TPSA) is 114 Å². The van der Waals surface area contributed by atoms with Crippen LogP contribution in [0.15, 0.2) is 18.2 Å². The number of ether oxygens (including phenoxy) is 2. The van der Waals surface area contributed by atoms with Gasteiger partial charge in [0.15, 0.2) is 0 Å². The molecule has 0 saturated carbocycles. The molecule has 9 heteroatoms. The maximum atomic E-state index is 14.2. The third kappa shape index (κ3) is 11.7. The van der Waals surface area contributed by atoms with Gasteiger partial charge in [-0.1, -0.05) is 70.2 Å². The molecule has 0 aromatic heterocycles. The molecule has 0 aliphatic carbocycles. The van der Waals surface area contributed by atoms with Gasteiger partial charge in [0.05, 0.1) is 7.11 Å². The Bertz CT molecular complexity index is 970. The molecule has 1 aromatic carbocycles. The number of benzene rings is 1. The van der Waals surface area contributed by atoms with Gasteiger partial charge in [-0.2, -0.15) is 0 Å². The van der Waals surface area contributed by atoms with E-state index in [9.17, 15) is 19.2 Å². The maximum absolute atomic E-state index is 14.2. The first kappa shape index (κ1) is 33.9. The largest absolute Gasteiger partial charge is 0.468 e. The third-order valence-corrected chi connectivity index (χ3v) is 6.31. The van der Waals surface area contributed by atoms with Crippen LogP contribution in [-0.2, 0) is 23.9 Å². The molecule has 0 bridgehead atoms. The average Bonchev–Trinajstić information content (AvgIpc) is 2.85. The molecule has 39 heavy (non-hydrogen) atoms. The minimum atomic E-state index is -1.00. The molecule has 2 atom stereocenters. The first-order valence-corrected chi connectivity index (χ1v) is 13.9. The van der Waals surface area contributed by atoms with Crippen LogP contribution >= 0.6 is 0 Å². The monoisotopic (exact) mass is 547 g/mol. The van der Waals surface area contributed by atoms with Crippen LogP contribution in [0, 0.1) is 19.8 Å². The smallest absolute Gasteiger partial charge is 0.408 e. The van der Waals surface area contributed by atoms with Crippen LogP contribution in [0.25, 0.3) is 0 Å². The van der Waals surface area contributed by atoms with Crippen molar-refractivity contribution in [3.8, 4) is 0 Å². The SMILES string of the molecule is CCCCCCCN(C(=O)C(NC(=O)OC(C)(C)C)C(C)C)C(C(=O)NCC(=O)OC)c1cc(C)ccc1C. The number of esters is 1. The van der Waals surface area contributed by atoms with Crippen molar-refractivity contribution in [1.29, 1.82) is 0 Å². The van der Waals surface area contributed by atoms with E-state index in [0.717, 1.165) is 36.8 Å². The summed E-state index contributed by atoms with van der Waals surface area (Å²) in [5.74, 6) is -1.74. The lowest BCUT2D eigenvalue weighted by Gasteiger charge is -2.36. The molecule has 2 unspecified atom stereocenters. The zero-order valence-electron chi connectivity index (χ0n) is 25.3. The van der Waals surface area contributed by atoms with Crippen LogP contribution in [-0.4, -0.2) is 60.6 Å². The molecule has 0 aliphatic rings. The number of carbonyl (C=O) groups excluding carboxylic acids is 4. The zero-order chi connectivity index (χ0) is 29.8. The quantitative estimate of drug-likeness (QED) is 0.251. The van der Waals surface area contributed by atoms with Crippen molar-refractivity contribution in [3.05, 3.63) is 34.9 Å². The number of amides is 3. The van der Waals surface area contributed by atoms with Gasteiger partial charge < -0.3 is 25.0 Å². The molecule has 3 amide bonds. The average molecular weight is 548 g/mol. The normalized spacial score (nSPS) is 12.9. The number of methoxy groups -OCH3 is 1. The molecule has 0 spiro atoms. The molecule has 0 heterocycles. The summed E-state index contributed by atoms with van der Waals surface area (Å²) in [6.45, 7) is 14.9. The first-order valence-electron chi connectivity index (χ1n) is 13.9. The summed E-state index contributed by atoms with van der Waals surface area (Å²) in [5, 5.41) is 5.38. The van der Waals surface area contributed by atoms with Gasteiger partial charge in [-0.25, -0.2) is 4.79 Å². The molecule has 1 rings (SSSR count). The van der Waals surface area contributed by atoms with Crippen LogP contribution in [0.1, 0.15) is 96.4 Å². The van der Waals surface area contributed by atoms with E-state index >= 15 is 0 Å². The fourth-order valence-corrected chi connectivity index (χ4v) is 4.21. The highest BCUT2D eigenvalue weighted by molar-refractivity contribution is 5.93. The van der Waals surface area contributed by atoms with Crippen molar-refractivity contribution in [2.24, 2.45) is 5.92 Å². The highest BCUT2D eigenvalue weighted by atomic mass is 16.6. The summed E-state index contributed by atoms with van der Waals surface area (Å²) in [4.78, 5) is 53.9. The van der Waals surface area contributed by atoms with Crippen LogP contribution in [0.2, 0.25) is 0 Å². The van der Waals surface area contributed by atoms with E-state index in [2.05, 4.69) is 17.6 Å². The van der Waals surface area contributed by atoms with E-state index in [4.69, 9.17) is 9.47 Å². The Labute approximate surface area is 234 Å². The molecule has 9 nitrogen and oxygen atoms in total. The molecule has 0 saturated heterocycles. The first-order chi connectivity index (χ1) is 18.2. The molecule has 2 N–H and O–H groups in total. The van der Waals surface area contributed by atoms with Crippen molar-refractivity contribution in [3.63, 3.8) is 0 Å². The Hall–Kier alpha value is -3.10. The fourth-order valence-electron chi connectivity index (χ4n) is 4.21. The van der Waals surface area contributed by atoms with Gasteiger partial charge in [0.25, 0.3) is 0 Å². The van der Waals surface area contributed by atoms with Crippen LogP contribution < -0.4 is 10.6 Å². The number of carbonyl (C=O) groups is 4. The summed E-state index contributed by atoms with van der Waals surface area (Å²) in [7, 11) is 1.25. The van der Waals surface area contributed by atoms with Crippen LogP contribution in [0.3, 0.4) is 0 Å². The lowest BCUT2D eigenvalue weighted by atomic mass is 9.94. The van der Waals surface area contributed by atoms with E-state index in [1.165, 1.54) is 7.11 Å². The Morgan fingerprint density at radius 2 is 1.64 bits per heavy atom. The molecular formula is C30H49N3O6. The van der Waals surface area contributed by atoms with Crippen LogP contribution in [0.5, 0.6) is 0 Å². The fraction of sp³-hybridized carbons (Fsp3) is 0.667. The Kier molecular flexibility index (Phi) is 14.0. The van der Waals surface area contributed by atoms with E-state index in [-0.39, 0.29) is 18.4 Å². The second-order valence-electron chi connectivity index (χ2n) is 11.4. The van der Waals surface area contributed by atoms with Gasteiger partial charge in [0.1, 0.15) is 24.2 Å². The highest BCUT2D eigenvalue weighted by Gasteiger charge is 2.38. The summed E-state index contributed by atoms with van der Waals surface area (Å²) in [5.41, 5.74) is 1.70. The molecule has 0 radical (unpaired) electrons. The van der Waals surface area contributed by atoms with Gasteiger partial charge in [-0.15, -0.1) is 0 Å². The number of unbranched alkanes of at least 4 members (excludes halogenated alkanes) is 4. The molecular weight excluding hydrogens is 498 g/mol. The summed E-state index contributed by atoms with van der Waals surface area (Å²) in [6.07, 6.45) is 4.07. The van der Waals surface area contributed by atoms with E-state index in [1.54, 1.807) is 25.7 Å². The number of alkyl carbamates (subject to hydrolysis) is 1. The summed E-state index contributed by atoms with van der Waals surface area (Å²) < 4.78 is 10.1. The summed E-state index contributed by atoms with van der Waals surface area (Å²) >= 11 is 0. The van der Waals surface area contributed by atoms with Gasteiger partial charge in [-0.05, 0) is 58.1 Å². The number of hydrogen-bond acceptors (Lipinski definition) is 6. The number of rotatable bonds is 14. The second kappa shape index (κ2) is 16.1. The van der Waals surface area contributed by atoms with Gasteiger partial charge in [0, 0.05) is 6.54 Å². The zero-order valence-corrected chi connectivity index (χ0v) is 25.3. The predicted octanol–water partition coefficient (Wildman–Crippen LogP) is 4.98. The number of hydrogen-bond donors (Lipinski definition) is 2. The number of nitrogens with zero attached hydrogens (tertiary/aromatic N) is 1. The highest BCUT2D eigenvalue weighted by Crippen LogP contribution is 2.28. The lowest BCUT2D eigenvalue weighted by molar-refractivity contribution is -0.145. The third-order valence-electron chi connectivity index (χ3n) is 6.31. The van der Waals surface area contributed by atoms with E-state index < -0.39 is 35.7 Å². The van der Waals surface area contributed by atoms with Crippen molar-refractivity contribution in [2.45, 2.75) is 105 Å². The minimum absolute atomic E-state index is 0.273. The van der Waals surface area contributed by atoms with Gasteiger partial charge in [-0.3, -0.25) is 14.4 Å². The lowest BCUT2D eigenvalue weighted by Crippen LogP contribution is -2.55. The molecule has 220 valence electrons. The predicted molar refractivity (Wildman–Crippen MR) is 152 cm³/mol. The molecule has 0 aliphatic heterocycles.